The van der Waals surface area contributed by atoms with Crippen molar-refractivity contribution in [1.82, 2.24) is 9.13 Å². The molecule has 39 heavy (non-hydrogen) atoms. The minimum atomic E-state index is 0.771. The van der Waals surface area contributed by atoms with Gasteiger partial charge in [0.05, 0.1) is 26.3 Å². The summed E-state index contributed by atoms with van der Waals surface area (Å²) in [4.78, 5) is 0. The van der Waals surface area contributed by atoms with Crippen LogP contribution in [0.1, 0.15) is 142 Å². The maximum absolute atomic E-state index is 5.93. The normalized spacial score (nSPS) is 11.5. The zero-order valence-corrected chi connectivity index (χ0v) is 26.0. The van der Waals surface area contributed by atoms with Gasteiger partial charge >= 0.3 is 0 Å². The lowest BCUT2D eigenvalue weighted by Gasteiger charge is -2.02. The van der Waals surface area contributed by atoms with E-state index in [2.05, 4.69) is 69.6 Å². The highest BCUT2D eigenvalue weighted by Gasteiger charge is 2.06. The van der Waals surface area contributed by atoms with Gasteiger partial charge in [-0.3, -0.25) is 0 Å². The Morgan fingerprint density at radius 1 is 0.462 bits per heavy atom. The lowest BCUT2D eigenvalue weighted by molar-refractivity contribution is -0.697. The fourth-order valence-corrected chi connectivity index (χ4v) is 5.41. The van der Waals surface area contributed by atoms with Crippen molar-refractivity contribution in [1.29, 1.82) is 0 Å². The van der Waals surface area contributed by atoms with Gasteiger partial charge < -0.3 is 4.74 Å². The van der Waals surface area contributed by atoms with Gasteiger partial charge in [0.15, 0.2) is 0 Å². The molecule has 5 heteroatoms. The number of aromatic nitrogens is 4. The SMILES string of the molecule is CCCCCCCCCCCC[n+]1ccn(CCOCCn2cc[n+](CCCCCCCCCCCC)c2)c1. The summed E-state index contributed by atoms with van der Waals surface area (Å²) in [6, 6.07) is 0. The molecule has 0 aliphatic carbocycles. The molecule has 0 aliphatic heterocycles. The molecule has 0 amide bonds. The molecule has 0 bridgehead atoms. The Morgan fingerprint density at radius 3 is 1.15 bits per heavy atom. The lowest BCUT2D eigenvalue weighted by atomic mass is 10.1. The van der Waals surface area contributed by atoms with Crippen LogP contribution in [-0.4, -0.2) is 22.3 Å². The first-order chi connectivity index (χ1) is 19.3. The van der Waals surface area contributed by atoms with Crippen molar-refractivity contribution in [3.05, 3.63) is 37.4 Å². The zero-order valence-electron chi connectivity index (χ0n) is 26.0. The Labute approximate surface area is 242 Å². The van der Waals surface area contributed by atoms with Crippen molar-refractivity contribution in [3.63, 3.8) is 0 Å². The average Bonchev–Trinajstić information content (AvgIpc) is 3.60. The van der Waals surface area contributed by atoms with Gasteiger partial charge in [-0.15, -0.1) is 0 Å². The van der Waals surface area contributed by atoms with Crippen LogP contribution in [0.15, 0.2) is 37.4 Å². The Hall–Kier alpha value is -1.62. The fourth-order valence-electron chi connectivity index (χ4n) is 5.41. The van der Waals surface area contributed by atoms with Crippen molar-refractivity contribution in [2.24, 2.45) is 0 Å². The molecule has 0 atom stereocenters. The van der Waals surface area contributed by atoms with Crippen LogP contribution in [0.5, 0.6) is 0 Å². The lowest BCUT2D eigenvalue weighted by Crippen LogP contribution is -2.31. The predicted molar refractivity (Wildman–Crippen MR) is 164 cm³/mol. The van der Waals surface area contributed by atoms with Crippen molar-refractivity contribution < 1.29 is 13.9 Å². The number of aryl methyl sites for hydroxylation is 2. The first-order valence-corrected chi connectivity index (χ1v) is 17.0. The zero-order chi connectivity index (χ0) is 27.6. The second kappa shape index (κ2) is 24.2. The van der Waals surface area contributed by atoms with E-state index >= 15 is 0 Å². The summed E-state index contributed by atoms with van der Waals surface area (Å²) in [5.74, 6) is 0. The van der Waals surface area contributed by atoms with Crippen molar-refractivity contribution in [2.75, 3.05) is 13.2 Å². The Balaban J connectivity index is 1.40. The Kier molecular flexibility index (Phi) is 20.8. The number of imidazole rings is 2. The van der Waals surface area contributed by atoms with E-state index in [0.29, 0.717) is 0 Å². The van der Waals surface area contributed by atoms with E-state index in [4.69, 9.17) is 4.74 Å². The minimum Gasteiger partial charge on any atom is -0.373 e. The predicted octanol–water partition coefficient (Wildman–Crippen LogP) is 8.42. The number of hydrogen-bond donors (Lipinski definition) is 0. The molecule has 0 aliphatic rings. The standard InChI is InChI=1S/C34H64N4O/c1-3-5-7-9-11-13-15-17-19-21-23-35-25-27-37(33-35)29-31-39-32-30-38-28-26-36(34-38)24-22-20-18-16-14-12-10-8-6-4-2/h25-28,33-34H,3-24,29-32H2,1-2H3/q+2. The summed E-state index contributed by atoms with van der Waals surface area (Å²) in [7, 11) is 0. The molecule has 0 fully saturated rings. The van der Waals surface area contributed by atoms with Crippen molar-refractivity contribution in [3.8, 4) is 0 Å². The van der Waals surface area contributed by atoms with Crippen molar-refractivity contribution in [2.45, 2.75) is 168 Å². The van der Waals surface area contributed by atoms with Gasteiger partial charge in [-0.1, -0.05) is 117 Å². The third kappa shape index (κ3) is 18.4. The third-order valence-corrected chi connectivity index (χ3v) is 8.02. The monoisotopic (exact) mass is 545 g/mol. The summed E-state index contributed by atoms with van der Waals surface area (Å²) >= 11 is 0. The number of rotatable bonds is 28. The van der Waals surface area contributed by atoms with Crippen LogP contribution in [0, 0.1) is 0 Å². The molecule has 2 aromatic heterocycles. The first kappa shape index (κ1) is 33.6. The quantitative estimate of drug-likeness (QED) is 0.0780. The van der Waals surface area contributed by atoms with Crippen molar-refractivity contribution >= 4 is 0 Å². The van der Waals surface area contributed by atoms with E-state index in [1.165, 1.54) is 128 Å². The van der Waals surface area contributed by atoms with E-state index < -0.39 is 0 Å². The highest BCUT2D eigenvalue weighted by molar-refractivity contribution is 4.67. The van der Waals surface area contributed by atoms with Gasteiger partial charge in [-0.25, -0.2) is 18.3 Å². The van der Waals surface area contributed by atoms with Gasteiger partial charge in [-0.05, 0) is 25.7 Å². The number of hydrogen-bond acceptors (Lipinski definition) is 1. The minimum absolute atomic E-state index is 0.771. The van der Waals surface area contributed by atoms with Crippen LogP contribution < -0.4 is 9.13 Å². The summed E-state index contributed by atoms with van der Waals surface area (Å²) in [5, 5.41) is 0. The molecule has 0 saturated heterocycles. The Bertz CT molecular complexity index is 720. The van der Waals surface area contributed by atoms with Crippen LogP contribution in [0.3, 0.4) is 0 Å². The van der Waals surface area contributed by atoms with E-state index in [1.807, 2.05) is 0 Å². The first-order valence-electron chi connectivity index (χ1n) is 17.0. The van der Waals surface area contributed by atoms with Gasteiger partial charge in [0.25, 0.3) is 0 Å². The van der Waals surface area contributed by atoms with Crippen LogP contribution in [0.25, 0.3) is 0 Å². The number of unbranched alkanes of at least 4 members (excludes halogenated alkanes) is 18. The highest BCUT2D eigenvalue weighted by Crippen LogP contribution is 2.11. The second-order valence-corrected chi connectivity index (χ2v) is 11.8. The van der Waals surface area contributed by atoms with E-state index in [1.54, 1.807) is 0 Å². The number of ether oxygens (including phenoxy) is 1. The smallest absolute Gasteiger partial charge is 0.243 e. The van der Waals surface area contributed by atoms with E-state index in [-0.39, 0.29) is 0 Å². The second-order valence-electron chi connectivity index (χ2n) is 11.8. The molecule has 2 rings (SSSR count). The molecule has 0 spiro atoms. The van der Waals surface area contributed by atoms with Crippen LogP contribution in [0.4, 0.5) is 0 Å². The molecule has 0 N–H and O–H groups in total. The molecule has 0 saturated carbocycles. The highest BCUT2D eigenvalue weighted by atomic mass is 16.5. The maximum atomic E-state index is 5.93. The summed E-state index contributed by atoms with van der Waals surface area (Å²) in [5.41, 5.74) is 0. The van der Waals surface area contributed by atoms with Crippen LogP contribution in [0.2, 0.25) is 0 Å². The molecule has 0 unspecified atom stereocenters. The molecule has 2 aromatic rings. The van der Waals surface area contributed by atoms with Gasteiger partial charge in [0.2, 0.25) is 12.7 Å². The molecule has 5 nitrogen and oxygen atoms in total. The maximum Gasteiger partial charge on any atom is 0.243 e. The summed E-state index contributed by atoms with van der Waals surface area (Å²) in [6.07, 6.45) is 41.1. The molecule has 0 radical (unpaired) electrons. The van der Waals surface area contributed by atoms with Crippen LogP contribution in [-0.2, 0) is 30.9 Å². The van der Waals surface area contributed by atoms with E-state index in [9.17, 15) is 0 Å². The molecular formula is C34H64N4O+2. The topological polar surface area (TPSA) is 26.8 Å². The molecular weight excluding hydrogens is 480 g/mol. The van der Waals surface area contributed by atoms with Gasteiger partial charge in [0.1, 0.15) is 37.9 Å². The van der Waals surface area contributed by atoms with Gasteiger partial charge in [0, 0.05) is 0 Å². The summed E-state index contributed by atoms with van der Waals surface area (Å²) < 4.78 is 15.1. The molecule has 2 heterocycles. The van der Waals surface area contributed by atoms with Crippen LogP contribution >= 0.6 is 0 Å². The summed E-state index contributed by atoms with van der Waals surface area (Å²) in [6.45, 7) is 10.2. The average molecular weight is 545 g/mol. The molecule has 224 valence electrons. The van der Waals surface area contributed by atoms with E-state index in [0.717, 1.165) is 39.4 Å². The van der Waals surface area contributed by atoms with Gasteiger partial charge in [-0.2, -0.15) is 0 Å². The number of nitrogens with zero attached hydrogens (tertiary/aromatic N) is 4. The molecule has 0 aromatic carbocycles. The largest absolute Gasteiger partial charge is 0.373 e. The fraction of sp³-hybridized carbons (Fsp3) is 0.824. The third-order valence-electron chi connectivity index (χ3n) is 8.02. The Morgan fingerprint density at radius 2 is 0.795 bits per heavy atom.